The third kappa shape index (κ3) is 7.55. The van der Waals surface area contributed by atoms with Crippen molar-refractivity contribution >= 4 is 66.9 Å². The molecule has 1 heterocycles. The summed E-state index contributed by atoms with van der Waals surface area (Å²) in [5.41, 5.74) is 21.3. The quantitative estimate of drug-likeness (QED) is 0.140. The van der Waals surface area contributed by atoms with Gasteiger partial charge < -0.3 is 9.47 Å². The zero-order valence-electron chi connectivity index (χ0n) is 38.9. The highest BCUT2D eigenvalue weighted by Gasteiger charge is 2.21. The topological polar surface area (TPSA) is 8.17 Å². The molecule has 2 aliphatic carbocycles. The first-order valence-corrected chi connectivity index (χ1v) is 24.6. The lowest BCUT2D eigenvalue weighted by molar-refractivity contribution is 0.819. The van der Waals surface area contributed by atoms with E-state index in [0.717, 1.165) is 36.3 Å². The van der Waals surface area contributed by atoms with Crippen molar-refractivity contribution in [3.63, 3.8) is 0 Å². The number of nitrogens with zero attached hydrogens (tertiary/aromatic N) is 2. The lowest BCUT2D eigenvalue weighted by Crippen LogP contribution is -2.11. The van der Waals surface area contributed by atoms with Gasteiger partial charge in [0.25, 0.3) is 0 Å². The summed E-state index contributed by atoms with van der Waals surface area (Å²) < 4.78 is 2.39. The van der Waals surface area contributed by atoms with Crippen LogP contribution < -0.4 is 4.90 Å². The standard InChI is InChI=1S/C68H50N2/c1-2-16-57(17-3-1)70-67-23-9-8-20-65(67)66-46-56(38-45-68(66)70)51-30-28-48(29-31-51)47-24-26-49(27-25-47)50-32-39-58(40-33-50)69(59-41-34-54(35-42-59)63-21-10-14-52-12-4-6-18-61(52)63)60-43-36-55(37-44-60)64-22-11-15-53-13-5-7-19-62(53)64/h1-21,23-28,30,32-46,64H,22,29,31H2. The molecule has 13 rings (SSSR count). The minimum atomic E-state index is 0.347. The maximum atomic E-state index is 2.40. The fourth-order valence-corrected chi connectivity index (χ4v) is 11.1. The molecule has 0 amide bonds. The Morgan fingerprint density at radius 1 is 0.400 bits per heavy atom. The first-order chi connectivity index (χ1) is 34.7. The number of fused-ring (bicyclic) bond motifs is 5. The van der Waals surface area contributed by atoms with E-state index < -0.39 is 0 Å². The molecule has 0 N–H and O–H groups in total. The monoisotopic (exact) mass is 894 g/mol. The second kappa shape index (κ2) is 17.7. The zero-order valence-corrected chi connectivity index (χ0v) is 38.9. The van der Waals surface area contributed by atoms with E-state index in [0.29, 0.717) is 5.92 Å². The van der Waals surface area contributed by atoms with Crippen molar-refractivity contribution in [2.24, 2.45) is 0 Å². The van der Waals surface area contributed by atoms with Gasteiger partial charge >= 0.3 is 0 Å². The van der Waals surface area contributed by atoms with E-state index in [1.165, 1.54) is 99.5 Å². The van der Waals surface area contributed by atoms with E-state index in [9.17, 15) is 0 Å². The molecule has 2 nitrogen and oxygen atoms in total. The van der Waals surface area contributed by atoms with E-state index in [2.05, 4.69) is 270 Å². The van der Waals surface area contributed by atoms with Crippen LogP contribution in [0.4, 0.5) is 17.1 Å². The number of hydrogen-bond acceptors (Lipinski definition) is 1. The van der Waals surface area contributed by atoms with Crippen LogP contribution in [0.3, 0.4) is 0 Å². The maximum Gasteiger partial charge on any atom is 0.0541 e. The average Bonchev–Trinajstić information content (AvgIpc) is 3.77. The van der Waals surface area contributed by atoms with E-state index in [-0.39, 0.29) is 0 Å². The van der Waals surface area contributed by atoms with Crippen molar-refractivity contribution in [1.29, 1.82) is 0 Å². The SMILES string of the molecule is C1=Cc2ccccc2C(c2ccc(N(c3ccc(-c4ccc(C5=CC=C(c6ccc7c(c6)c6ccccc6n7-c6ccccc6)CC5)cc4)cc3)c3ccc(-c4cccc5ccccc45)cc3)cc2)C1. The van der Waals surface area contributed by atoms with Gasteiger partial charge in [0, 0.05) is 39.4 Å². The molecule has 0 saturated heterocycles. The molecule has 1 unspecified atom stereocenters. The smallest absolute Gasteiger partial charge is 0.0541 e. The Bertz CT molecular complexity index is 3810. The summed E-state index contributed by atoms with van der Waals surface area (Å²) in [6, 6.07) is 87.0. The van der Waals surface area contributed by atoms with Gasteiger partial charge in [-0.15, -0.1) is 0 Å². The molecule has 0 spiro atoms. The number of rotatable bonds is 9. The van der Waals surface area contributed by atoms with Gasteiger partial charge in [0.1, 0.15) is 0 Å². The largest absolute Gasteiger partial charge is 0.311 e. The first kappa shape index (κ1) is 41.5. The Kier molecular flexibility index (Phi) is 10.5. The van der Waals surface area contributed by atoms with Gasteiger partial charge in [-0.2, -0.15) is 0 Å². The normalized spacial score (nSPS) is 14.4. The van der Waals surface area contributed by atoms with E-state index in [1.54, 1.807) is 0 Å². The first-order valence-electron chi connectivity index (χ1n) is 24.6. The molecule has 2 heteroatoms. The molecule has 0 aliphatic heterocycles. The van der Waals surface area contributed by atoms with Crippen LogP contribution in [0, 0.1) is 0 Å². The summed E-state index contributed by atoms with van der Waals surface area (Å²) in [4.78, 5) is 2.39. The zero-order chi connectivity index (χ0) is 46.4. The summed E-state index contributed by atoms with van der Waals surface area (Å²) in [5.74, 6) is 0.347. The number of hydrogen-bond donors (Lipinski definition) is 0. The van der Waals surface area contributed by atoms with Crippen LogP contribution in [0.2, 0.25) is 0 Å². The predicted molar refractivity (Wildman–Crippen MR) is 297 cm³/mol. The maximum absolute atomic E-state index is 2.40. The molecule has 10 aromatic carbocycles. The van der Waals surface area contributed by atoms with Gasteiger partial charge in [0.15, 0.2) is 0 Å². The number of benzene rings is 10. The summed E-state index contributed by atoms with van der Waals surface area (Å²) in [6.45, 7) is 0. The molecule has 0 saturated carbocycles. The number of allylic oxidation sites excluding steroid dienone is 5. The highest BCUT2D eigenvalue weighted by Crippen LogP contribution is 2.42. The minimum absolute atomic E-state index is 0.347. The van der Waals surface area contributed by atoms with E-state index in [1.807, 2.05) is 0 Å². The Hall–Kier alpha value is -8.72. The number of para-hydroxylation sites is 2. The Morgan fingerprint density at radius 2 is 0.957 bits per heavy atom. The van der Waals surface area contributed by atoms with Gasteiger partial charge in [0.2, 0.25) is 0 Å². The lowest BCUT2D eigenvalue weighted by atomic mass is 9.82. The third-order valence-corrected chi connectivity index (χ3v) is 14.7. The Balaban J connectivity index is 0.775. The van der Waals surface area contributed by atoms with Gasteiger partial charge in [-0.25, -0.2) is 0 Å². The molecule has 1 aromatic heterocycles. The van der Waals surface area contributed by atoms with Crippen molar-refractivity contribution in [3.05, 3.63) is 283 Å². The predicted octanol–water partition coefficient (Wildman–Crippen LogP) is 18.6. The second-order valence-electron chi connectivity index (χ2n) is 18.7. The summed E-state index contributed by atoms with van der Waals surface area (Å²) in [7, 11) is 0. The fourth-order valence-electron chi connectivity index (χ4n) is 11.1. The van der Waals surface area contributed by atoms with Crippen LogP contribution >= 0.6 is 0 Å². The van der Waals surface area contributed by atoms with Crippen molar-refractivity contribution in [3.8, 4) is 27.9 Å². The van der Waals surface area contributed by atoms with Crippen molar-refractivity contribution in [1.82, 2.24) is 4.57 Å². The summed E-state index contributed by atoms with van der Waals surface area (Å²) in [5, 5.41) is 5.10. The molecule has 332 valence electrons. The van der Waals surface area contributed by atoms with Crippen LogP contribution in [0.1, 0.15) is 53.0 Å². The highest BCUT2D eigenvalue weighted by atomic mass is 15.1. The highest BCUT2D eigenvalue weighted by molar-refractivity contribution is 6.10. The molecule has 2 aliphatic rings. The Morgan fingerprint density at radius 3 is 1.70 bits per heavy atom. The summed E-state index contributed by atoms with van der Waals surface area (Å²) >= 11 is 0. The molecule has 0 radical (unpaired) electrons. The Labute approximate surface area is 410 Å². The second-order valence-corrected chi connectivity index (χ2v) is 18.7. The van der Waals surface area contributed by atoms with Crippen molar-refractivity contribution in [2.75, 3.05) is 4.90 Å². The van der Waals surface area contributed by atoms with Gasteiger partial charge in [-0.1, -0.05) is 194 Å². The van der Waals surface area contributed by atoms with Gasteiger partial charge in [-0.3, -0.25) is 0 Å². The summed E-state index contributed by atoms with van der Waals surface area (Å²) in [6.07, 6.45) is 12.3. The third-order valence-electron chi connectivity index (χ3n) is 14.7. The molecule has 1 atom stereocenters. The van der Waals surface area contributed by atoms with Crippen LogP contribution in [0.25, 0.3) is 77.7 Å². The number of anilines is 3. The number of aromatic nitrogens is 1. The van der Waals surface area contributed by atoms with Crippen molar-refractivity contribution in [2.45, 2.75) is 25.2 Å². The molecular weight excluding hydrogens is 845 g/mol. The molecule has 11 aromatic rings. The minimum Gasteiger partial charge on any atom is -0.311 e. The van der Waals surface area contributed by atoms with E-state index in [4.69, 9.17) is 0 Å². The average molecular weight is 895 g/mol. The fraction of sp³-hybridized carbons (Fsp3) is 0.0588. The van der Waals surface area contributed by atoms with Gasteiger partial charge in [0.05, 0.1) is 11.0 Å². The van der Waals surface area contributed by atoms with Crippen LogP contribution in [0.5, 0.6) is 0 Å². The van der Waals surface area contributed by atoms with Gasteiger partial charge in [-0.05, 0) is 158 Å². The van der Waals surface area contributed by atoms with Crippen LogP contribution in [0.15, 0.2) is 255 Å². The molecular formula is C68H50N2. The van der Waals surface area contributed by atoms with Crippen molar-refractivity contribution < 1.29 is 0 Å². The molecule has 0 bridgehead atoms. The van der Waals surface area contributed by atoms with Crippen LogP contribution in [-0.2, 0) is 0 Å². The van der Waals surface area contributed by atoms with E-state index >= 15 is 0 Å². The molecule has 0 fully saturated rings. The lowest BCUT2D eigenvalue weighted by Gasteiger charge is -2.27. The molecule has 70 heavy (non-hydrogen) atoms. The van der Waals surface area contributed by atoms with Crippen LogP contribution in [-0.4, -0.2) is 4.57 Å².